The molecule has 0 bridgehead atoms. The monoisotopic (exact) mass is 362 g/mol. The summed E-state index contributed by atoms with van der Waals surface area (Å²) in [5.41, 5.74) is 3.08. The molecule has 3 heterocycles. The molecule has 2 aromatic heterocycles. The smallest absolute Gasteiger partial charge is 0.317 e. The molecule has 2 amide bonds. The minimum atomic E-state index is -0.143. The summed E-state index contributed by atoms with van der Waals surface area (Å²) in [6, 6.07) is -0.143. The number of nitrogens with zero attached hydrogens (tertiary/aromatic N) is 5. The Labute approximate surface area is 152 Å². The van der Waals surface area contributed by atoms with Crippen LogP contribution >= 0.6 is 0 Å². The highest BCUT2D eigenvalue weighted by atomic mass is 16.5. The Balaban J connectivity index is 1.46. The fraction of sp³-hybridized carbons (Fsp3) is 0.647. The van der Waals surface area contributed by atoms with E-state index in [4.69, 9.17) is 9.26 Å². The summed E-state index contributed by atoms with van der Waals surface area (Å²) in [5.74, 6) is 1.11. The lowest BCUT2D eigenvalue weighted by Gasteiger charge is -2.18. The predicted octanol–water partition coefficient (Wildman–Crippen LogP) is 1.66. The first kappa shape index (κ1) is 18.4. The van der Waals surface area contributed by atoms with Gasteiger partial charge >= 0.3 is 6.03 Å². The number of ether oxygens (including phenoxy) is 1. The lowest BCUT2D eigenvalue weighted by Crippen LogP contribution is -2.38. The van der Waals surface area contributed by atoms with E-state index in [-0.39, 0.29) is 12.1 Å². The number of urea groups is 1. The Morgan fingerprint density at radius 3 is 2.88 bits per heavy atom. The van der Waals surface area contributed by atoms with Crippen LogP contribution in [0.4, 0.5) is 4.79 Å². The third-order valence-electron chi connectivity index (χ3n) is 4.71. The maximum Gasteiger partial charge on any atom is 0.317 e. The maximum atomic E-state index is 12.3. The molecule has 0 spiro atoms. The quantitative estimate of drug-likeness (QED) is 0.839. The van der Waals surface area contributed by atoms with E-state index < -0.39 is 0 Å². The van der Waals surface area contributed by atoms with E-state index in [0.29, 0.717) is 31.2 Å². The summed E-state index contributed by atoms with van der Waals surface area (Å²) >= 11 is 0. The van der Waals surface area contributed by atoms with Crippen LogP contribution in [0.25, 0.3) is 0 Å². The van der Waals surface area contributed by atoms with Crippen LogP contribution in [-0.2, 0) is 24.8 Å². The molecule has 142 valence electrons. The molecule has 1 atom stereocenters. The maximum absolute atomic E-state index is 12.3. The van der Waals surface area contributed by atoms with Gasteiger partial charge in [0.2, 0.25) is 0 Å². The number of amides is 2. The molecule has 26 heavy (non-hydrogen) atoms. The fourth-order valence-corrected chi connectivity index (χ4v) is 3.04. The van der Waals surface area contributed by atoms with Gasteiger partial charge in [-0.3, -0.25) is 4.68 Å². The van der Waals surface area contributed by atoms with Gasteiger partial charge in [0.25, 0.3) is 5.89 Å². The highest BCUT2D eigenvalue weighted by Gasteiger charge is 2.23. The van der Waals surface area contributed by atoms with Gasteiger partial charge in [0.1, 0.15) is 6.10 Å². The van der Waals surface area contributed by atoms with E-state index in [1.165, 1.54) is 0 Å². The summed E-state index contributed by atoms with van der Waals surface area (Å²) in [6.45, 7) is 5.65. The molecule has 1 fully saturated rings. The van der Waals surface area contributed by atoms with Crippen LogP contribution in [0, 0.1) is 13.8 Å². The zero-order chi connectivity index (χ0) is 18.7. The number of rotatable bonds is 6. The Kier molecular flexibility index (Phi) is 5.55. The third-order valence-corrected chi connectivity index (χ3v) is 4.71. The van der Waals surface area contributed by atoms with E-state index in [1.54, 1.807) is 11.9 Å². The van der Waals surface area contributed by atoms with E-state index in [0.717, 1.165) is 36.4 Å². The van der Waals surface area contributed by atoms with Gasteiger partial charge in [-0.1, -0.05) is 5.16 Å². The summed E-state index contributed by atoms with van der Waals surface area (Å²) < 4.78 is 12.6. The molecule has 1 aliphatic rings. The molecule has 1 saturated heterocycles. The second kappa shape index (κ2) is 7.86. The van der Waals surface area contributed by atoms with Crippen LogP contribution in [0.3, 0.4) is 0 Å². The SMILES string of the molecule is Cc1nn(C)c(C)c1CN(C)C(=O)NCCc1noc(C2CCCO2)n1. The molecular formula is C17H26N6O3. The first-order valence-corrected chi connectivity index (χ1v) is 8.88. The molecule has 0 aromatic carbocycles. The Morgan fingerprint density at radius 1 is 1.42 bits per heavy atom. The lowest BCUT2D eigenvalue weighted by atomic mass is 10.2. The average molecular weight is 362 g/mol. The van der Waals surface area contributed by atoms with Crippen molar-refractivity contribution < 1.29 is 14.1 Å². The molecule has 3 rings (SSSR count). The molecular weight excluding hydrogens is 336 g/mol. The van der Waals surface area contributed by atoms with Crippen molar-refractivity contribution in [1.29, 1.82) is 0 Å². The number of carbonyl (C=O) groups excluding carboxylic acids is 1. The number of aromatic nitrogens is 4. The second-order valence-electron chi connectivity index (χ2n) is 6.66. The molecule has 0 radical (unpaired) electrons. The first-order chi connectivity index (χ1) is 12.5. The molecule has 0 aliphatic carbocycles. The molecule has 9 heteroatoms. The third kappa shape index (κ3) is 4.04. The molecule has 0 saturated carbocycles. The molecule has 1 aliphatic heterocycles. The average Bonchev–Trinajstić information content (AvgIpc) is 3.33. The van der Waals surface area contributed by atoms with Gasteiger partial charge in [-0.2, -0.15) is 10.1 Å². The predicted molar refractivity (Wildman–Crippen MR) is 93.5 cm³/mol. The number of carbonyl (C=O) groups is 1. The second-order valence-corrected chi connectivity index (χ2v) is 6.66. The molecule has 2 aromatic rings. The van der Waals surface area contributed by atoms with Gasteiger partial charge in [-0.15, -0.1) is 0 Å². The van der Waals surface area contributed by atoms with Gasteiger partial charge in [-0.05, 0) is 26.7 Å². The molecule has 9 nitrogen and oxygen atoms in total. The Hall–Kier alpha value is -2.42. The van der Waals surface area contributed by atoms with Gasteiger partial charge in [0.05, 0.1) is 12.2 Å². The van der Waals surface area contributed by atoms with Gasteiger partial charge in [0, 0.05) is 44.9 Å². The van der Waals surface area contributed by atoms with Crippen molar-refractivity contribution in [3.05, 3.63) is 28.7 Å². The van der Waals surface area contributed by atoms with E-state index in [1.807, 2.05) is 25.6 Å². The first-order valence-electron chi connectivity index (χ1n) is 8.88. The zero-order valence-electron chi connectivity index (χ0n) is 15.8. The van der Waals surface area contributed by atoms with Crippen LogP contribution in [-0.4, -0.2) is 51.1 Å². The van der Waals surface area contributed by atoms with Crippen molar-refractivity contribution in [3.63, 3.8) is 0 Å². The van der Waals surface area contributed by atoms with Gasteiger partial charge in [0.15, 0.2) is 5.82 Å². The normalized spacial score (nSPS) is 16.8. The van der Waals surface area contributed by atoms with Gasteiger partial charge in [-0.25, -0.2) is 4.79 Å². The Bertz CT molecular complexity index is 763. The van der Waals surface area contributed by atoms with Crippen molar-refractivity contribution >= 4 is 6.03 Å². The van der Waals surface area contributed by atoms with E-state index in [2.05, 4.69) is 20.6 Å². The van der Waals surface area contributed by atoms with Crippen LogP contribution < -0.4 is 5.32 Å². The number of hydrogen-bond donors (Lipinski definition) is 1. The van der Waals surface area contributed by atoms with E-state index in [9.17, 15) is 4.79 Å². The van der Waals surface area contributed by atoms with Crippen molar-refractivity contribution in [2.24, 2.45) is 7.05 Å². The fourth-order valence-electron chi connectivity index (χ4n) is 3.04. The van der Waals surface area contributed by atoms with Crippen molar-refractivity contribution in [2.45, 2.75) is 45.8 Å². The van der Waals surface area contributed by atoms with Crippen LogP contribution in [0.1, 0.15) is 47.6 Å². The molecule has 1 N–H and O–H groups in total. The highest BCUT2D eigenvalue weighted by molar-refractivity contribution is 5.73. The summed E-state index contributed by atoms with van der Waals surface area (Å²) in [6.07, 6.45) is 2.36. The summed E-state index contributed by atoms with van der Waals surface area (Å²) in [4.78, 5) is 18.3. The molecule has 1 unspecified atom stereocenters. The minimum absolute atomic E-state index is 0.0806. The van der Waals surface area contributed by atoms with Crippen LogP contribution in [0.15, 0.2) is 4.52 Å². The zero-order valence-corrected chi connectivity index (χ0v) is 15.8. The van der Waals surface area contributed by atoms with Gasteiger partial charge < -0.3 is 19.5 Å². The van der Waals surface area contributed by atoms with Crippen molar-refractivity contribution in [3.8, 4) is 0 Å². The van der Waals surface area contributed by atoms with Crippen LogP contribution in [0.5, 0.6) is 0 Å². The highest BCUT2D eigenvalue weighted by Crippen LogP contribution is 2.26. The summed E-state index contributed by atoms with van der Waals surface area (Å²) in [5, 5.41) is 11.2. The number of aryl methyl sites for hydroxylation is 2. The van der Waals surface area contributed by atoms with Crippen LogP contribution in [0.2, 0.25) is 0 Å². The lowest BCUT2D eigenvalue weighted by molar-refractivity contribution is 0.0835. The topological polar surface area (TPSA) is 98.3 Å². The largest absolute Gasteiger partial charge is 0.368 e. The number of nitrogens with one attached hydrogen (secondary N) is 1. The van der Waals surface area contributed by atoms with Crippen molar-refractivity contribution in [2.75, 3.05) is 20.2 Å². The number of hydrogen-bond acceptors (Lipinski definition) is 6. The minimum Gasteiger partial charge on any atom is -0.368 e. The van der Waals surface area contributed by atoms with E-state index >= 15 is 0 Å². The van der Waals surface area contributed by atoms with Crippen molar-refractivity contribution in [1.82, 2.24) is 30.1 Å². The Morgan fingerprint density at radius 2 is 2.23 bits per heavy atom. The standard InChI is InChI=1S/C17H26N6O3/c1-11-13(12(2)23(4)20-11)10-22(3)17(24)18-8-7-15-19-16(26-21-15)14-6-5-9-25-14/h14H,5-10H2,1-4H3,(H,18,24). The summed E-state index contributed by atoms with van der Waals surface area (Å²) in [7, 11) is 3.67.